The third-order valence-electron chi connectivity index (χ3n) is 3.97. The van der Waals surface area contributed by atoms with Crippen LogP contribution in [0.1, 0.15) is 17.2 Å². The van der Waals surface area contributed by atoms with Gasteiger partial charge in [-0.1, -0.05) is 40.2 Å². The van der Waals surface area contributed by atoms with Gasteiger partial charge in [-0.2, -0.15) is 0 Å². The third kappa shape index (κ3) is 5.17. The summed E-state index contributed by atoms with van der Waals surface area (Å²) in [6.45, 7) is 1.15. The Morgan fingerprint density at radius 2 is 2.12 bits per heavy atom. The van der Waals surface area contributed by atoms with Crippen molar-refractivity contribution in [2.24, 2.45) is 0 Å². The smallest absolute Gasteiger partial charge is 0.258 e. The highest BCUT2D eigenvalue weighted by Gasteiger charge is 2.19. The first kappa shape index (κ1) is 19.7. The highest BCUT2D eigenvalue weighted by atomic mass is 79.9. The zero-order valence-corrected chi connectivity index (χ0v) is 15.8. The van der Waals surface area contributed by atoms with E-state index in [0.717, 1.165) is 13.0 Å². The predicted octanol–water partition coefficient (Wildman–Crippen LogP) is 3.39. The number of amides is 1. The van der Waals surface area contributed by atoms with Gasteiger partial charge in [-0.05, 0) is 42.3 Å². The van der Waals surface area contributed by atoms with Crippen molar-refractivity contribution < 1.29 is 13.9 Å². The lowest BCUT2D eigenvalue weighted by molar-refractivity contribution is -0.123. The molecule has 3 rings (SSSR count). The molecular formula is C18H19BrClFN2O2. The maximum Gasteiger partial charge on any atom is 0.258 e. The van der Waals surface area contributed by atoms with Gasteiger partial charge in [-0.15, -0.1) is 12.4 Å². The zero-order chi connectivity index (χ0) is 16.9. The fourth-order valence-corrected chi connectivity index (χ4v) is 3.11. The van der Waals surface area contributed by atoms with Crippen molar-refractivity contribution in [2.75, 3.05) is 19.7 Å². The van der Waals surface area contributed by atoms with Gasteiger partial charge in [0, 0.05) is 17.1 Å². The Hall–Kier alpha value is -1.63. The van der Waals surface area contributed by atoms with Crippen LogP contribution in [0.15, 0.2) is 46.9 Å². The van der Waals surface area contributed by atoms with Gasteiger partial charge in [0.15, 0.2) is 18.2 Å². The molecule has 0 bridgehead atoms. The summed E-state index contributed by atoms with van der Waals surface area (Å²) < 4.78 is 19.5. The first-order valence-electron chi connectivity index (χ1n) is 7.79. The molecule has 4 nitrogen and oxygen atoms in total. The van der Waals surface area contributed by atoms with Crippen molar-refractivity contribution >= 4 is 34.2 Å². The lowest BCUT2D eigenvalue weighted by Gasteiger charge is -2.27. The first-order chi connectivity index (χ1) is 11.6. The number of fused-ring (bicyclic) bond motifs is 1. The number of ether oxygens (including phenoxy) is 1. The van der Waals surface area contributed by atoms with Gasteiger partial charge >= 0.3 is 0 Å². The lowest BCUT2D eigenvalue weighted by atomic mass is 9.94. The van der Waals surface area contributed by atoms with Gasteiger partial charge in [-0.25, -0.2) is 4.39 Å². The van der Waals surface area contributed by atoms with E-state index in [9.17, 15) is 9.18 Å². The molecule has 0 fully saturated rings. The van der Waals surface area contributed by atoms with Crippen LogP contribution in [-0.2, 0) is 11.2 Å². The van der Waals surface area contributed by atoms with Crippen molar-refractivity contribution in [3.05, 3.63) is 63.9 Å². The molecule has 1 unspecified atom stereocenters. The Bertz CT molecular complexity index is 745. The van der Waals surface area contributed by atoms with Gasteiger partial charge in [0.25, 0.3) is 5.91 Å². The highest BCUT2D eigenvalue weighted by molar-refractivity contribution is 9.10. The van der Waals surface area contributed by atoms with Gasteiger partial charge < -0.3 is 15.4 Å². The Kier molecular flexibility index (Phi) is 7.23. The largest absolute Gasteiger partial charge is 0.481 e. The summed E-state index contributed by atoms with van der Waals surface area (Å²) in [5.74, 6) is -0.711. The molecule has 0 radical (unpaired) electrons. The lowest BCUT2D eigenvalue weighted by Crippen LogP contribution is -2.40. The van der Waals surface area contributed by atoms with E-state index in [1.165, 1.54) is 23.3 Å². The normalized spacial score (nSPS) is 15.7. The summed E-state index contributed by atoms with van der Waals surface area (Å²) in [6.07, 6.45) is 0.993. The summed E-state index contributed by atoms with van der Waals surface area (Å²) in [5, 5.41) is 6.24. The summed E-state index contributed by atoms with van der Waals surface area (Å²) in [6, 6.07) is 12.8. The molecule has 1 heterocycles. The summed E-state index contributed by atoms with van der Waals surface area (Å²) in [7, 11) is 0. The number of benzene rings is 2. The first-order valence-corrected chi connectivity index (χ1v) is 8.58. The number of halogens is 3. The summed E-state index contributed by atoms with van der Waals surface area (Å²) in [5.41, 5.74) is 2.52. The van der Waals surface area contributed by atoms with E-state index in [1.807, 2.05) is 12.1 Å². The van der Waals surface area contributed by atoms with Crippen LogP contribution in [0.25, 0.3) is 0 Å². The molecule has 0 aliphatic carbocycles. The second-order valence-electron chi connectivity index (χ2n) is 5.62. The summed E-state index contributed by atoms with van der Waals surface area (Å²) in [4.78, 5) is 12.0. The number of nitrogens with one attached hydrogen (secondary N) is 2. The van der Waals surface area contributed by atoms with Crippen LogP contribution >= 0.6 is 28.3 Å². The van der Waals surface area contributed by atoms with E-state index >= 15 is 0 Å². The Morgan fingerprint density at radius 1 is 1.32 bits per heavy atom. The average Bonchev–Trinajstić information content (AvgIpc) is 2.59. The fraction of sp³-hybridized carbons (Fsp3) is 0.278. The minimum absolute atomic E-state index is 0. The molecule has 0 spiro atoms. The van der Waals surface area contributed by atoms with Crippen molar-refractivity contribution in [1.82, 2.24) is 10.6 Å². The van der Waals surface area contributed by atoms with Crippen LogP contribution in [0.4, 0.5) is 4.39 Å². The number of rotatable bonds is 5. The third-order valence-corrected chi connectivity index (χ3v) is 4.46. The molecule has 134 valence electrons. The van der Waals surface area contributed by atoms with Crippen LogP contribution in [0.5, 0.6) is 5.75 Å². The number of hydrogen-bond acceptors (Lipinski definition) is 3. The van der Waals surface area contributed by atoms with E-state index in [4.69, 9.17) is 4.74 Å². The molecule has 2 aromatic rings. The second kappa shape index (κ2) is 9.17. The average molecular weight is 430 g/mol. The molecule has 1 amide bonds. The Morgan fingerprint density at radius 3 is 2.92 bits per heavy atom. The van der Waals surface area contributed by atoms with Gasteiger partial charge in [0.05, 0.1) is 0 Å². The number of carbonyl (C=O) groups excluding carboxylic acids is 1. The predicted molar refractivity (Wildman–Crippen MR) is 101 cm³/mol. The van der Waals surface area contributed by atoms with Crippen molar-refractivity contribution in [1.29, 1.82) is 0 Å². The van der Waals surface area contributed by atoms with E-state index in [1.54, 1.807) is 6.07 Å². The minimum Gasteiger partial charge on any atom is -0.481 e. The van der Waals surface area contributed by atoms with E-state index in [0.29, 0.717) is 11.0 Å². The molecule has 0 saturated carbocycles. The summed E-state index contributed by atoms with van der Waals surface area (Å²) >= 11 is 3.18. The molecule has 7 heteroatoms. The molecule has 0 saturated heterocycles. The maximum atomic E-state index is 13.6. The minimum atomic E-state index is -0.500. The van der Waals surface area contributed by atoms with Gasteiger partial charge in [0.2, 0.25) is 0 Å². The van der Waals surface area contributed by atoms with Crippen LogP contribution < -0.4 is 15.4 Å². The molecule has 1 atom stereocenters. The van der Waals surface area contributed by atoms with Crippen molar-refractivity contribution in [3.8, 4) is 5.75 Å². The van der Waals surface area contributed by atoms with Gasteiger partial charge in [-0.3, -0.25) is 4.79 Å². The SMILES string of the molecule is Cl.O=C(COc1ccc(Br)cc1F)NCC1NCCc2ccccc21. The standard InChI is InChI=1S/C18H18BrFN2O2.ClH/c19-13-5-6-17(15(20)9-13)24-11-18(23)22-10-16-14-4-2-1-3-12(14)7-8-21-16;/h1-6,9,16,21H,7-8,10-11H2,(H,22,23);1H. The van der Waals surface area contributed by atoms with Crippen LogP contribution in [0.3, 0.4) is 0 Å². The highest BCUT2D eigenvalue weighted by Crippen LogP contribution is 2.22. The number of hydrogen-bond donors (Lipinski definition) is 2. The van der Waals surface area contributed by atoms with Gasteiger partial charge in [0.1, 0.15) is 0 Å². The van der Waals surface area contributed by atoms with Crippen molar-refractivity contribution in [3.63, 3.8) is 0 Å². The van der Waals surface area contributed by atoms with Crippen LogP contribution in [0.2, 0.25) is 0 Å². The molecule has 0 aromatic heterocycles. The topological polar surface area (TPSA) is 50.4 Å². The molecule has 25 heavy (non-hydrogen) atoms. The van der Waals surface area contributed by atoms with E-state index in [2.05, 4.69) is 38.7 Å². The number of carbonyl (C=O) groups is 1. The molecule has 1 aliphatic heterocycles. The Balaban J connectivity index is 0.00000225. The zero-order valence-electron chi connectivity index (χ0n) is 13.4. The second-order valence-corrected chi connectivity index (χ2v) is 6.54. The fourth-order valence-electron chi connectivity index (χ4n) is 2.78. The maximum absolute atomic E-state index is 13.6. The Labute approximate surface area is 160 Å². The van der Waals surface area contributed by atoms with Crippen LogP contribution in [-0.4, -0.2) is 25.6 Å². The molecule has 2 aromatic carbocycles. The monoisotopic (exact) mass is 428 g/mol. The quantitative estimate of drug-likeness (QED) is 0.766. The molecule has 1 aliphatic rings. The van der Waals surface area contributed by atoms with E-state index in [-0.39, 0.29) is 36.7 Å². The molecule has 2 N–H and O–H groups in total. The van der Waals surface area contributed by atoms with Crippen LogP contribution in [0, 0.1) is 5.82 Å². The molecular weight excluding hydrogens is 411 g/mol. The van der Waals surface area contributed by atoms with E-state index < -0.39 is 5.82 Å². The van der Waals surface area contributed by atoms with Crippen molar-refractivity contribution in [2.45, 2.75) is 12.5 Å².